The highest BCUT2D eigenvalue weighted by molar-refractivity contribution is 5.88. The zero-order chi connectivity index (χ0) is 14.0. The van der Waals surface area contributed by atoms with Gasteiger partial charge in [-0.25, -0.2) is 14.6 Å². The lowest BCUT2D eigenvalue weighted by atomic mass is 9.80. The van der Waals surface area contributed by atoms with Crippen LogP contribution in [-0.2, 0) is 19.4 Å². The number of aliphatic carboxylic acids is 2. The van der Waals surface area contributed by atoms with Gasteiger partial charge in [-0.15, -0.1) is 0 Å². The molecule has 0 fully saturated rings. The van der Waals surface area contributed by atoms with Gasteiger partial charge < -0.3 is 10.2 Å². The fraction of sp³-hybridized carbons (Fsp3) is 0.667. The van der Waals surface area contributed by atoms with Crippen LogP contribution in [0.5, 0.6) is 0 Å². The Hall–Kier alpha value is -1.40. The number of carbonyl (C=O) groups is 2. The summed E-state index contributed by atoms with van der Waals surface area (Å²) in [6, 6.07) is 0. The molecule has 0 heterocycles. The second kappa shape index (κ2) is 5.07. The van der Waals surface area contributed by atoms with Crippen molar-refractivity contribution in [3.8, 4) is 0 Å². The van der Waals surface area contributed by atoms with E-state index in [1.807, 2.05) is 0 Å². The van der Waals surface area contributed by atoms with Crippen LogP contribution in [0.4, 0.5) is 0 Å². The molecular formula is C12H18O6. The summed E-state index contributed by atoms with van der Waals surface area (Å²) in [6.45, 7) is 5.06. The van der Waals surface area contributed by atoms with Crippen LogP contribution in [0, 0.1) is 5.92 Å². The van der Waals surface area contributed by atoms with Crippen LogP contribution < -0.4 is 0 Å². The van der Waals surface area contributed by atoms with Gasteiger partial charge in [-0.2, -0.15) is 0 Å². The van der Waals surface area contributed by atoms with Gasteiger partial charge in [0.2, 0.25) is 5.60 Å². The third kappa shape index (κ3) is 3.08. The van der Waals surface area contributed by atoms with Gasteiger partial charge >= 0.3 is 11.9 Å². The molecule has 6 heteroatoms. The van der Waals surface area contributed by atoms with Crippen molar-refractivity contribution in [1.82, 2.24) is 0 Å². The molecule has 1 aliphatic carbocycles. The highest BCUT2D eigenvalue weighted by Crippen LogP contribution is 2.34. The van der Waals surface area contributed by atoms with E-state index in [9.17, 15) is 14.7 Å². The summed E-state index contributed by atoms with van der Waals surface area (Å²) >= 11 is 0. The quantitative estimate of drug-likeness (QED) is 0.452. The average Bonchev–Trinajstić information content (AvgIpc) is 2.25. The Morgan fingerprint density at radius 3 is 2.39 bits per heavy atom. The van der Waals surface area contributed by atoms with E-state index in [-0.39, 0.29) is 6.42 Å². The highest BCUT2D eigenvalue weighted by atomic mass is 17.2. The normalized spacial score (nSPS) is 28.1. The van der Waals surface area contributed by atoms with Crippen molar-refractivity contribution in [3.63, 3.8) is 0 Å². The monoisotopic (exact) mass is 258 g/mol. The van der Waals surface area contributed by atoms with Crippen LogP contribution in [0.15, 0.2) is 12.2 Å². The molecule has 18 heavy (non-hydrogen) atoms. The van der Waals surface area contributed by atoms with Gasteiger partial charge in [0.05, 0.1) is 5.60 Å². The molecule has 0 spiro atoms. The van der Waals surface area contributed by atoms with Crippen LogP contribution in [0.1, 0.15) is 33.6 Å². The third-order valence-corrected chi connectivity index (χ3v) is 2.57. The van der Waals surface area contributed by atoms with Gasteiger partial charge in [0.25, 0.3) is 0 Å². The molecule has 0 aromatic carbocycles. The van der Waals surface area contributed by atoms with E-state index < -0.39 is 29.1 Å². The number of rotatable bonds is 4. The molecule has 2 unspecified atom stereocenters. The first-order valence-corrected chi connectivity index (χ1v) is 5.70. The molecule has 0 amide bonds. The molecule has 0 bridgehead atoms. The molecular weight excluding hydrogens is 240 g/mol. The minimum absolute atomic E-state index is 0.200. The second-order valence-electron chi connectivity index (χ2n) is 5.25. The molecule has 0 aliphatic heterocycles. The van der Waals surface area contributed by atoms with Crippen molar-refractivity contribution in [2.75, 3.05) is 0 Å². The van der Waals surface area contributed by atoms with Gasteiger partial charge in [0, 0.05) is 0 Å². The summed E-state index contributed by atoms with van der Waals surface area (Å²) in [5.41, 5.74) is -2.69. The molecule has 2 atom stereocenters. The molecule has 1 rings (SSSR count). The van der Waals surface area contributed by atoms with E-state index in [0.717, 1.165) is 0 Å². The van der Waals surface area contributed by atoms with Crippen molar-refractivity contribution in [3.05, 3.63) is 12.2 Å². The molecule has 102 valence electrons. The lowest BCUT2D eigenvalue weighted by Gasteiger charge is -2.35. The topological polar surface area (TPSA) is 93.1 Å². The maximum Gasteiger partial charge on any atom is 0.344 e. The fourth-order valence-electron chi connectivity index (χ4n) is 1.69. The van der Waals surface area contributed by atoms with E-state index in [4.69, 9.17) is 14.9 Å². The second-order valence-corrected chi connectivity index (χ2v) is 5.25. The number of hydrogen-bond acceptors (Lipinski definition) is 4. The van der Waals surface area contributed by atoms with E-state index in [1.165, 1.54) is 6.08 Å². The Kier molecular flexibility index (Phi) is 4.13. The number of carboxylic acid groups (broad SMARTS) is 2. The molecule has 0 radical (unpaired) electrons. The molecule has 0 saturated heterocycles. The fourth-order valence-corrected chi connectivity index (χ4v) is 1.69. The predicted molar refractivity (Wildman–Crippen MR) is 61.8 cm³/mol. The Morgan fingerprint density at radius 1 is 1.33 bits per heavy atom. The van der Waals surface area contributed by atoms with E-state index in [2.05, 4.69) is 0 Å². The van der Waals surface area contributed by atoms with Crippen LogP contribution in [0.2, 0.25) is 0 Å². The van der Waals surface area contributed by atoms with Crippen molar-refractivity contribution in [2.45, 2.75) is 44.8 Å². The first-order chi connectivity index (χ1) is 8.19. The first kappa shape index (κ1) is 14.7. The lowest BCUT2D eigenvalue weighted by Crippen LogP contribution is -2.52. The summed E-state index contributed by atoms with van der Waals surface area (Å²) in [5.74, 6) is -3.74. The predicted octanol–water partition coefficient (Wildman–Crippen LogP) is 1.61. The number of hydrogen-bond donors (Lipinski definition) is 2. The van der Waals surface area contributed by atoms with Gasteiger partial charge in [-0.3, -0.25) is 4.79 Å². The molecule has 0 aromatic rings. The minimum Gasteiger partial charge on any atom is -0.481 e. The maximum absolute atomic E-state index is 11.4. The lowest BCUT2D eigenvalue weighted by molar-refractivity contribution is -0.394. The summed E-state index contributed by atoms with van der Waals surface area (Å²) in [7, 11) is 0. The van der Waals surface area contributed by atoms with E-state index in [0.29, 0.717) is 6.42 Å². The molecule has 0 saturated carbocycles. The maximum atomic E-state index is 11.4. The van der Waals surface area contributed by atoms with Gasteiger partial charge in [-0.1, -0.05) is 6.08 Å². The molecule has 2 N–H and O–H groups in total. The van der Waals surface area contributed by atoms with Crippen molar-refractivity contribution >= 4 is 11.9 Å². The van der Waals surface area contributed by atoms with Crippen molar-refractivity contribution < 1.29 is 29.6 Å². The summed E-state index contributed by atoms with van der Waals surface area (Å²) in [4.78, 5) is 32.6. The summed E-state index contributed by atoms with van der Waals surface area (Å²) in [5, 5.41) is 18.4. The zero-order valence-electron chi connectivity index (χ0n) is 10.7. The SMILES string of the molecule is CC(C)(C)OOC1(C(=O)O)C=CCCC1C(=O)O. The Bertz CT molecular complexity index is 367. The molecule has 0 aromatic heterocycles. The zero-order valence-corrected chi connectivity index (χ0v) is 10.7. The number of allylic oxidation sites excluding steroid dienone is 1. The Morgan fingerprint density at radius 2 is 1.94 bits per heavy atom. The average molecular weight is 258 g/mol. The van der Waals surface area contributed by atoms with Crippen LogP contribution in [-0.4, -0.2) is 33.4 Å². The van der Waals surface area contributed by atoms with Crippen LogP contribution in [0.3, 0.4) is 0 Å². The van der Waals surface area contributed by atoms with E-state index in [1.54, 1.807) is 26.8 Å². The largest absolute Gasteiger partial charge is 0.481 e. The standard InChI is InChI=1S/C12H18O6/c1-11(2,3)17-18-12(10(15)16)7-5-4-6-8(12)9(13)14/h5,7-8H,4,6H2,1-3H3,(H,13,14)(H,15,16). The Balaban J connectivity index is 3.03. The van der Waals surface area contributed by atoms with Crippen molar-refractivity contribution in [1.29, 1.82) is 0 Å². The summed E-state index contributed by atoms with van der Waals surface area (Å²) < 4.78 is 0. The molecule has 6 nitrogen and oxygen atoms in total. The number of carboxylic acids is 2. The third-order valence-electron chi connectivity index (χ3n) is 2.57. The van der Waals surface area contributed by atoms with Crippen LogP contribution >= 0.6 is 0 Å². The summed E-state index contributed by atoms with van der Waals surface area (Å²) in [6.07, 6.45) is 3.56. The van der Waals surface area contributed by atoms with Gasteiger partial charge in [0.1, 0.15) is 5.92 Å². The van der Waals surface area contributed by atoms with Crippen molar-refractivity contribution in [2.24, 2.45) is 5.92 Å². The molecule has 1 aliphatic rings. The van der Waals surface area contributed by atoms with Crippen LogP contribution in [0.25, 0.3) is 0 Å². The van der Waals surface area contributed by atoms with Gasteiger partial charge in [0.15, 0.2) is 0 Å². The highest BCUT2D eigenvalue weighted by Gasteiger charge is 2.52. The smallest absolute Gasteiger partial charge is 0.344 e. The van der Waals surface area contributed by atoms with E-state index >= 15 is 0 Å². The van der Waals surface area contributed by atoms with Gasteiger partial charge in [-0.05, 0) is 39.7 Å². The Labute approximate surface area is 105 Å². The first-order valence-electron chi connectivity index (χ1n) is 5.70. The minimum atomic E-state index is -1.96.